The first-order chi connectivity index (χ1) is 7.75. The van der Waals surface area contributed by atoms with Crippen molar-refractivity contribution in [1.82, 2.24) is 10.2 Å². The molecule has 1 atom stereocenters. The number of likely N-dealkylation sites (N-methyl/N-ethyl adjacent to an activating group) is 1. The van der Waals surface area contributed by atoms with Crippen LogP contribution in [0.1, 0.15) is 51.9 Å². The molecule has 2 rings (SSSR count). The van der Waals surface area contributed by atoms with Crippen LogP contribution in [0.4, 0.5) is 0 Å². The highest BCUT2D eigenvalue weighted by molar-refractivity contribution is 4.83. The Kier molecular flexibility index (Phi) is 4.66. The molecule has 0 aliphatic heterocycles. The minimum atomic E-state index is 0.697. The van der Waals surface area contributed by atoms with Crippen molar-refractivity contribution in [3.05, 3.63) is 0 Å². The van der Waals surface area contributed by atoms with Gasteiger partial charge < -0.3 is 10.2 Å². The van der Waals surface area contributed by atoms with E-state index in [4.69, 9.17) is 0 Å². The van der Waals surface area contributed by atoms with E-state index in [0.717, 1.165) is 12.0 Å². The summed E-state index contributed by atoms with van der Waals surface area (Å²) < 4.78 is 0. The standard InChI is InChI=1S/C14H28N2/c1-12(10-15-14-8-9-14)16(2)11-13-6-4-3-5-7-13/h12-15H,3-11H2,1-2H3. The van der Waals surface area contributed by atoms with E-state index in [9.17, 15) is 0 Å². The van der Waals surface area contributed by atoms with Gasteiger partial charge in [-0.05, 0) is 45.6 Å². The van der Waals surface area contributed by atoms with Gasteiger partial charge in [-0.1, -0.05) is 19.3 Å². The average Bonchev–Trinajstić information content (AvgIpc) is 3.11. The van der Waals surface area contributed by atoms with Crippen molar-refractivity contribution < 1.29 is 0 Å². The van der Waals surface area contributed by atoms with E-state index >= 15 is 0 Å². The molecular weight excluding hydrogens is 196 g/mol. The Morgan fingerprint density at radius 3 is 2.44 bits per heavy atom. The minimum Gasteiger partial charge on any atom is -0.312 e. The van der Waals surface area contributed by atoms with E-state index in [1.807, 2.05) is 0 Å². The molecule has 0 bridgehead atoms. The summed E-state index contributed by atoms with van der Waals surface area (Å²) in [7, 11) is 2.30. The molecule has 2 saturated carbocycles. The summed E-state index contributed by atoms with van der Waals surface area (Å²) in [5.74, 6) is 0.974. The lowest BCUT2D eigenvalue weighted by Gasteiger charge is -2.31. The molecule has 16 heavy (non-hydrogen) atoms. The largest absolute Gasteiger partial charge is 0.312 e. The normalized spacial score (nSPS) is 24.9. The third kappa shape index (κ3) is 4.06. The molecule has 2 aliphatic rings. The quantitative estimate of drug-likeness (QED) is 0.746. The Morgan fingerprint density at radius 2 is 1.81 bits per heavy atom. The molecule has 94 valence electrons. The number of hydrogen-bond donors (Lipinski definition) is 1. The summed E-state index contributed by atoms with van der Waals surface area (Å²) in [5.41, 5.74) is 0. The lowest BCUT2D eigenvalue weighted by Crippen LogP contribution is -2.41. The number of nitrogens with one attached hydrogen (secondary N) is 1. The Hall–Kier alpha value is -0.0800. The molecule has 0 heterocycles. The summed E-state index contributed by atoms with van der Waals surface area (Å²) in [6.45, 7) is 4.85. The molecule has 0 spiro atoms. The molecule has 2 fully saturated rings. The zero-order chi connectivity index (χ0) is 11.4. The number of hydrogen-bond acceptors (Lipinski definition) is 2. The number of nitrogens with zero attached hydrogens (tertiary/aromatic N) is 1. The van der Waals surface area contributed by atoms with Crippen LogP contribution in [0.5, 0.6) is 0 Å². The van der Waals surface area contributed by atoms with Gasteiger partial charge >= 0.3 is 0 Å². The zero-order valence-corrected chi connectivity index (χ0v) is 11.0. The molecule has 0 saturated heterocycles. The van der Waals surface area contributed by atoms with Gasteiger partial charge in [-0.3, -0.25) is 0 Å². The van der Waals surface area contributed by atoms with Gasteiger partial charge in [0, 0.05) is 25.2 Å². The van der Waals surface area contributed by atoms with Crippen LogP contribution >= 0.6 is 0 Å². The van der Waals surface area contributed by atoms with Crippen molar-refractivity contribution in [2.45, 2.75) is 64.0 Å². The molecule has 0 aromatic rings. The van der Waals surface area contributed by atoms with Gasteiger partial charge in [0.25, 0.3) is 0 Å². The summed E-state index contributed by atoms with van der Waals surface area (Å²) in [6, 6.07) is 1.55. The molecule has 0 radical (unpaired) electrons. The fraction of sp³-hybridized carbons (Fsp3) is 1.00. The molecule has 0 amide bonds. The lowest BCUT2D eigenvalue weighted by molar-refractivity contribution is 0.188. The molecule has 1 N–H and O–H groups in total. The zero-order valence-electron chi connectivity index (χ0n) is 11.0. The fourth-order valence-electron chi connectivity index (χ4n) is 2.74. The third-order valence-corrected chi connectivity index (χ3v) is 4.30. The highest BCUT2D eigenvalue weighted by Crippen LogP contribution is 2.24. The van der Waals surface area contributed by atoms with Crippen LogP contribution in [-0.2, 0) is 0 Å². The van der Waals surface area contributed by atoms with Crippen molar-refractivity contribution >= 4 is 0 Å². The highest BCUT2D eigenvalue weighted by Gasteiger charge is 2.22. The van der Waals surface area contributed by atoms with Crippen molar-refractivity contribution in [2.24, 2.45) is 5.92 Å². The van der Waals surface area contributed by atoms with Crippen molar-refractivity contribution in [2.75, 3.05) is 20.1 Å². The van der Waals surface area contributed by atoms with Crippen LogP contribution in [0.15, 0.2) is 0 Å². The predicted octanol–water partition coefficient (Wildman–Crippen LogP) is 2.64. The topological polar surface area (TPSA) is 15.3 Å². The molecule has 0 aromatic heterocycles. The summed E-state index contributed by atoms with van der Waals surface area (Å²) in [6.07, 6.45) is 10.1. The number of rotatable bonds is 6. The molecule has 2 nitrogen and oxygen atoms in total. The third-order valence-electron chi connectivity index (χ3n) is 4.30. The van der Waals surface area contributed by atoms with E-state index < -0.39 is 0 Å². The van der Waals surface area contributed by atoms with Crippen LogP contribution in [-0.4, -0.2) is 37.1 Å². The summed E-state index contributed by atoms with van der Waals surface area (Å²) in [5, 5.41) is 3.63. The smallest absolute Gasteiger partial charge is 0.0189 e. The monoisotopic (exact) mass is 224 g/mol. The molecule has 2 heteroatoms. The van der Waals surface area contributed by atoms with Crippen LogP contribution in [0.25, 0.3) is 0 Å². The van der Waals surface area contributed by atoms with Gasteiger partial charge in [-0.2, -0.15) is 0 Å². The Morgan fingerprint density at radius 1 is 1.12 bits per heavy atom. The maximum atomic E-state index is 3.63. The van der Waals surface area contributed by atoms with Gasteiger partial charge in [-0.15, -0.1) is 0 Å². The van der Waals surface area contributed by atoms with Gasteiger partial charge in [0.05, 0.1) is 0 Å². The Balaban J connectivity index is 1.62. The van der Waals surface area contributed by atoms with Crippen LogP contribution < -0.4 is 5.32 Å². The van der Waals surface area contributed by atoms with E-state index in [-0.39, 0.29) is 0 Å². The van der Waals surface area contributed by atoms with E-state index in [1.165, 1.54) is 58.0 Å². The molecular formula is C14H28N2. The fourth-order valence-corrected chi connectivity index (χ4v) is 2.74. The van der Waals surface area contributed by atoms with E-state index in [0.29, 0.717) is 6.04 Å². The second-order valence-electron chi connectivity index (χ2n) is 5.98. The maximum absolute atomic E-state index is 3.63. The highest BCUT2D eigenvalue weighted by atomic mass is 15.1. The molecule has 0 aromatic carbocycles. The Bertz CT molecular complexity index is 195. The van der Waals surface area contributed by atoms with Crippen molar-refractivity contribution in [3.63, 3.8) is 0 Å². The maximum Gasteiger partial charge on any atom is 0.0189 e. The first-order valence-corrected chi connectivity index (χ1v) is 7.19. The average molecular weight is 224 g/mol. The first kappa shape index (κ1) is 12.4. The van der Waals surface area contributed by atoms with Crippen LogP contribution in [0.2, 0.25) is 0 Å². The van der Waals surface area contributed by atoms with Crippen LogP contribution in [0.3, 0.4) is 0 Å². The SMILES string of the molecule is CC(CNC1CC1)N(C)CC1CCCCC1. The van der Waals surface area contributed by atoms with Gasteiger partial charge in [0.1, 0.15) is 0 Å². The second-order valence-corrected chi connectivity index (χ2v) is 5.98. The lowest BCUT2D eigenvalue weighted by atomic mass is 9.89. The first-order valence-electron chi connectivity index (χ1n) is 7.19. The van der Waals surface area contributed by atoms with Crippen LogP contribution in [0, 0.1) is 5.92 Å². The van der Waals surface area contributed by atoms with E-state index in [2.05, 4.69) is 24.2 Å². The molecule has 2 aliphatic carbocycles. The van der Waals surface area contributed by atoms with E-state index in [1.54, 1.807) is 0 Å². The van der Waals surface area contributed by atoms with Gasteiger partial charge in [0.2, 0.25) is 0 Å². The van der Waals surface area contributed by atoms with Crippen molar-refractivity contribution in [1.29, 1.82) is 0 Å². The molecule has 1 unspecified atom stereocenters. The summed E-state index contributed by atoms with van der Waals surface area (Å²) in [4.78, 5) is 2.56. The predicted molar refractivity (Wildman–Crippen MR) is 69.7 cm³/mol. The summed E-state index contributed by atoms with van der Waals surface area (Å²) >= 11 is 0. The minimum absolute atomic E-state index is 0.697. The van der Waals surface area contributed by atoms with Gasteiger partial charge in [0.15, 0.2) is 0 Å². The second kappa shape index (κ2) is 6.02. The van der Waals surface area contributed by atoms with Gasteiger partial charge in [-0.25, -0.2) is 0 Å². The van der Waals surface area contributed by atoms with Crippen molar-refractivity contribution in [3.8, 4) is 0 Å². The Labute approximate surface area is 101 Å².